The second-order valence-electron chi connectivity index (χ2n) is 6.30. The molecular weight excluding hydrogens is 262 g/mol. The highest BCUT2D eigenvalue weighted by Gasteiger charge is 2.31. The predicted molar refractivity (Wildman–Crippen MR) is 80.0 cm³/mol. The first-order valence-corrected chi connectivity index (χ1v) is 7.98. The highest BCUT2D eigenvalue weighted by Crippen LogP contribution is 2.39. The van der Waals surface area contributed by atoms with Gasteiger partial charge in [0.1, 0.15) is 0 Å². The molecule has 21 heavy (non-hydrogen) atoms. The molecule has 0 bridgehead atoms. The number of nitrogens with zero attached hydrogens (tertiary/aromatic N) is 3. The van der Waals surface area contributed by atoms with Gasteiger partial charge in [0.25, 0.3) is 0 Å². The summed E-state index contributed by atoms with van der Waals surface area (Å²) in [5.41, 5.74) is 1.39. The lowest BCUT2D eigenvalue weighted by Gasteiger charge is -2.30. The van der Waals surface area contributed by atoms with Crippen LogP contribution in [0.15, 0.2) is 34.9 Å². The van der Waals surface area contributed by atoms with Gasteiger partial charge in [0.15, 0.2) is 5.82 Å². The maximum absolute atomic E-state index is 5.48. The molecular formula is C17H21N3O. The fourth-order valence-electron chi connectivity index (χ4n) is 3.10. The van der Waals surface area contributed by atoms with Gasteiger partial charge >= 0.3 is 0 Å². The summed E-state index contributed by atoms with van der Waals surface area (Å²) < 4.78 is 5.48. The zero-order valence-corrected chi connectivity index (χ0v) is 12.2. The van der Waals surface area contributed by atoms with E-state index in [1.165, 1.54) is 18.4 Å². The molecule has 0 radical (unpaired) electrons. The van der Waals surface area contributed by atoms with Crippen LogP contribution in [0.4, 0.5) is 0 Å². The number of hydrogen-bond acceptors (Lipinski definition) is 4. The van der Waals surface area contributed by atoms with E-state index in [0.29, 0.717) is 11.8 Å². The van der Waals surface area contributed by atoms with Crippen molar-refractivity contribution in [3.05, 3.63) is 47.6 Å². The van der Waals surface area contributed by atoms with Gasteiger partial charge < -0.3 is 4.52 Å². The van der Waals surface area contributed by atoms with E-state index < -0.39 is 0 Å². The number of likely N-dealkylation sites (tertiary alicyclic amines) is 1. The van der Waals surface area contributed by atoms with Crippen molar-refractivity contribution >= 4 is 0 Å². The Morgan fingerprint density at radius 3 is 2.48 bits per heavy atom. The summed E-state index contributed by atoms with van der Waals surface area (Å²) in [5, 5.41) is 4.14. The van der Waals surface area contributed by atoms with E-state index in [1.54, 1.807) is 0 Å². The van der Waals surface area contributed by atoms with E-state index in [1.807, 2.05) is 0 Å². The van der Waals surface area contributed by atoms with Crippen LogP contribution in [0.3, 0.4) is 0 Å². The van der Waals surface area contributed by atoms with Crippen molar-refractivity contribution in [2.24, 2.45) is 0 Å². The summed E-state index contributed by atoms with van der Waals surface area (Å²) in [4.78, 5) is 7.13. The number of hydrogen-bond donors (Lipinski definition) is 0. The standard InChI is InChI=1S/C17H21N3O/c1-2-4-13(5-3-1)12-20-10-8-15(9-11-20)17-18-16(19-21-17)14-6-7-14/h1-5,14-15H,6-12H2. The Balaban J connectivity index is 1.33. The largest absolute Gasteiger partial charge is 0.339 e. The third kappa shape index (κ3) is 3.00. The van der Waals surface area contributed by atoms with Gasteiger partial charge in [-0.25, -0.2) is 0 Å². The summed E-state index contributed by atoms with van der Waals surface area (Å²) in [6.07, 6.45) is 4.71. The fourth-order valence-corrected chi connectivity index (χ4v) is 3.10. The van der Waals surface area contributed by atoms with Crippen molar-refractivity contribution in [1.29, 1.82) is 0 Å². The third-order valence-electron chi connectivity index (χ3n) is 4.59. The molecule has 4 nitrogen and oxygen atoms in total. The van der Waals surface area contributed by atoms with Gasteiger partial charge in [-0.1, -0.05) is 35.5 Å². The van der Waals surface area contributed by atoms with E-state index in [2.05, 4.69) is 45.4 Å². The molecule has 110 valence electrons. The van der Waals surface area contributed by atoms with Crippen LogP contribution in [0.1, 0.15) is 54.8 Å². The number of piperidine rings is 1. The molecule has 1 saturated heterocycles. The van der Waals surface area contributed by atoms with E-state index in [4.69, 9.17) is 4.52 Å². The summed E-state index contributed by atoms with van der Waals surface area (Å²) in [6.45, 7) is 3.27. The molecule has 0 spiro atoms. The van der Waals surface area contributed by atoms with E-state index in [-0.39, 0.29) is 0 Å². The van der Waals surface area contributed by atoms with Crippen molar-refractivity contribution in [2.75, 3.05) is 13.1 Å². The third-order valence-corrected chi connectivity index (χ3v) is 4.59. The van der Waals surface area contributed by atoms with Crippen LogP contribution < -0.4 is 0 Å². The summed E-state index contributed by atoms with van der Waals surface area (Å²) >= 11 is 0. The van der Waals surface area contributed by atoms with Gasteiger partial charge in [0.05, 0.1) is 0 Å². The molecule has 0 atom stereocenters. The van der Waals surface area contributed by atoms with Crippen LogP contribution in [0.2, 0.25) is 0 Å². The highest BCUT2D eigenvalue weighted by molar-refractivity contribution is 5.14. The summed E-state index contributed by atoms with van der Waals surface area (Å²) in [6, 6.07) is 10.7. The van der Waals surface area contributed by atoms with Crippen LogP contribution >= 0.6 is 0 Å². The molecule has 2 fully saturated rings. The molecule has 0 amide bonds. The Morgan fingerprint density at radius 1 is 1.00 bits per heavy atom. The molecule has 2 aromatic rings. The molecule has 1 aliphatic heterocycles. The molecule has 0 unspecified atom stereocenters. The topological polar surface area (TPSA) is 42.2 Å². The minimum atomic E-state index is 0.456. The normalized spacial score (nSPS) is 20.8. The van der Waals surface area contributed by atoms with E-state index in [0.717, 1.165) is 44.2 Å². The molecule has 1 aromatic heterocycles. The molecule has 4 rings (SSSR count). The van der Waals surface area contributed by atoms with Crippen molar-refractivity contribution in [1.82, 2.24) is 15.0 Å². The molecule has 2 heterocycles. The quantitative estimate of drug-likeness (QED) is 0.863. The summed E-state index contributed by atoms with van der Waals surface area (Å²) in [7, 11) is 0. The lowest BCUT2D eigenvalue weighted by Crippen LogP contribution is -2.32. The SMILES string of the molecule is c1ccc(CN2CCC(c3nc(C4CC4)no3)CC2)cc1. The average Bonchev–Trinajstić information content (AvgIpc) is 3.27. The monoisotopic (exact) mass is 283 g/mol. The second kappa shape index (κ2) is 5.60. The van der Waals surface area contributed by atoms with Gasteiger partial charge in [0.2, 0.25) is 5.89 Å². The van der Waals surface area contributed by atoms with Crippen molar-refractivity contribution in [3.63, 3.8) is 0 Å². The van der Waals surface area contributed by atoms with Crippen LogP contribution in [0.5, 0.6) is 0 Å². The number of benzene rings is 1. The van der Waals surface area contributed by atoms with Gasteiger partial charge in [-0.05, 0) is 44.3 Å². The Morgan fingerprint density at radius 2 is 1.76 bits per heavy atom. The smallest absolute Gasteiger partial charge is 0.229 e. The first-order valence-electron chi connectivity index (χ1n) is 7.98. The zero-order chi connectivity index (χ0) is 14.1. The molecule has 1 aromatic carbocycles. The van der Waals surface area contributed by atoms with Gasteiger partial charge in [-0.15, -0.1) is 0 Å². The van der Waals surface area contributed by atoms with Crippen LogP contribution in [-0.4, -0.2) is 28.1 Å². The maximum atomic E-state index is 5.48. The van der Waals surface area contributed by atoms with E-state index >= 15 is 0 Å². The predicted octanol–water partition coefficient (Wildman–Crippen LogP) is 3.33. The lowest BCUT2D eigenvalue weighted by molar-refractivity contribution is 0.187. The Kier molecular flexibility index (Phi) is 3.47. The number of aromatic nitrogens is 2. The van der Waals surface area contributed by atoms with E-state index in [9.17, 15) is 0 Å². The minimum Gasteiger partial charge on any atom is -0.339 e. The molecule has 2 aliphatic rings. The van der Waals surface area contributed by atoms with Gasteiger partial charge in [-0.3, -0.25) is 4.90 Å². The first-order chi connectivity index (χ1) is 10.4. The highest BCUT2D eigenvalue weighted by atomic mass is 16.5. The van der Waals surface area contributed by atoms with Crippen molar-refractivity contribution in [3.8, 4) is 0 Å². The first kappa shape index (κ1) is 13.0. The second-order valence-corrected chi connectivity index (χ2v) is 6.30. The molecule has 0 N–H and O–H groups in total. The molecule has 4 heteroatoms. The molecule has 1 saturated carbocycles. The summed E-state index contributed by atoms with van der Waals surface area (Å²) in [5.74, 6) is 2.85. The Hall–Kier alpha value is -1.68. The fraction of sp³-hybridized carbons (Fsp3) is 0.529. The van der Waals surface area contributed by atoms with Crippen molar-refractivity contribution in [2.45, 2.75) is 44.1 Å². The Bertz CT molecular complexity index is 583. The van der Waals surface area contributed by atoms with Crippen molar-refractivity contribution < 1.29 is 4.52 Å². The van der Waals surface area contributed by atoms with Gasteiger partial charge in [0, 0.05) is 18.4 Å². The van der Waals surface area contributed by atoms with Crippen LogP contribution in [0.25, 0.3) is 0 Å². The molecule has 1 aliphatic carbocycles. The number of rotatable bonds is 4. The average molecular weight is 283 g/mol. The minimum absolute atomic E-state index is 0.456. The maximum Gasteiger partial charge on any atom is 0.229 e. The van der Waals surface area contributed by atoms with Gasteiger partial charge in [-0.2, -0.15) is 4.98 Å². The lowest BCUT2D eigenvalue weighted by atomic mass is 9.96. The Labute approximate surface area is 125 Å². The van der Waals surface area contributed by atoms with Crippen LogP contribution in [-0.2, 0) is 6.54 Å². The van der Waals surface area contributed by atoms with Crippen LogP contribution in [0, 0.1) is 0 Å². The zero-order valence-electron chi connectivity index (χ0n) is 12.2.